The third kappa shape index (κ3) is 4.75. The van der Waals surface area contributed by atoms with Crippen molar-refractivity contribution in [2.75, 3.05) is 19.0 Å². The second kappa shape index (κ2) is 9.61. The van der Waals surface area contributed by atoms with Crippen LogP contribution in [-0.4, -0.2) is 19.6 Å². The lowest BCUT2D eigenvalue weighted by Crippen LogP contribution is -2.10. The van der Waals surface area contributed by atoms with Crippen molar-refractivity contribution >= 4 is 28.1 Å². The van der Waals surface area contributed by atoms with Crippen LogP contribution < -0.4 is 14.8 Å². The molecular weight excluding hydrogens is 421 g/mol. The van der Waals surface area contributed by atoms with Crippen LogP contribution in [0.15, 0.2) is 77.4 Å². The lowest BCUT2D eigenvalue weighted by Gasteiger charge is -2.10. The lowest BCUT2D eigenvalue weighted by molar-refractivity contribution is -0.111. The number of nitrogens with one attached hydrogen (secondary N) is 1. The molecule has 1 heterocycles. The van der Waals surface area contributed by atoms with Gasteiger partial charge >= 0.3 is 0 Å². The minimum atomic E-state index is -0.491. The molecule has 0 radical (unpaired) electrons. The molecule has 0 fully saturated rings. The normalized spacial score (nSPS) is 11.5. The molecule has 1 N–H and O–H groups in total. The molecule has 6 heteroatoms. The monoisotopic (exact) mass is 445 g/mol. The van der Waals surface area contributed by atoms with Gasteiger partial charge in [-0.1, -0.05) is 24.3 Å². The summed E-state index contributed by atoms with van der Waals surface area (Å²) in [5.41, 5.74) is 4.10. The number of allylic oxidation sites excluding steroid dienone is 1. The maximum atomic E-state index is 13.9. The fraction of sp³-hybridized carbons (Fsp3) is 0.148. The van der Waals surface area contributed by atoms with E-state index in [2.05, 4.69) is 5.32 Å². The van der Waals surface area contributed by atoms with E-state index in [0.717, 1.165) is 27.8 Å². The number of amides is 1. The van der Waals surface area contributed by atoms with Gasteiger partial charge in [0.25, 0.3) is 0 Å². The van der Waals surface area contributed by atoms with E-state index in [1.54, 1.807) is 38.5 Å². The molecule has 4 aromatic rings. The van der Waals surface area contributed by atoms with Gasteiger partial charge in [-0.2, -0.15) is 0 Å². The Bertz CT molecular complexity index is 1320. The maximum absolute atomic E-state index is 13.9. The van der Waals surface area contributed by atoms with Gasteiger partial charge in [-0.15, -0.1) is 0 Å². The number of hydrogen-bond acceptors (Lipinski definition) is 4. The highest BCUT2D eigenvalue weighted by Crippen LogP contribution is 2.37. The molecule has 1 aromatic heterocycles. The Balaban J connectivity index is 1.69. The highest BCUT2D eigenvalue weighted by Gasteiger charge is 2.15. The number of carbonyl (C=O) groups excluding carboxylic acids is 1. The van der Waals surface area contributed by atoms with E-state index < -0.39 is 11.7 Å². The zero-order valence-electron chi connectivity index (χ0n) is 18.6. The van der Waals surface area contributed by atoms with E-state index >= 15 is 0 Å². The van der Waals surface area contributed by atoms with Gasteiger partial charge in [0.2, 0.25) is 5.91 Å². The van der Waals surface area contributed by atoms with Crippen LogP contribution in [0, 0.1) is 5.82 Å². The molecular formula is C27H24FNO4. The molecule has 0 unspecified atom stereocenters. The first-order valence-electron chi connectivity index (χ1n) is 10.6. The molecule has 4 rings (SSSR count). The number of furan rings is 1. The van der Waals surface area contributed by atoms with Gasteiger partial charge in [0, 0.05) is 28.7 Å². The number of rotatable bonds is 7. The third-order valence-electron chi connectivity index (χ3n) is 5.28. The Kier molecular flexibility index (Phi) is 6.45. The quantitative estimate of drug-likeness (QED) is 0.322. The van der Waals surface area contributed by atoms with Crippen LogP contribution in [0.25, 0.3) is 27.7 Å². The van der Waals surface area contributed by atoms with Crippen molar-refractivity contribution in [1.29, 1.82) is 0 Å². The molecule has 0 saturated carbocycles. The summed E-state index contributed by atoms with van der Waals surface area (Å²) in [6.07, 6.45) is 3.13. The first-order valence-corrected chi connectivity index (χ1v) is 10.6. The van der Waals surface area contributed by atoms with E-state index in [4.69, 9.17) is 13.9 Å². The highest BCUT2D eigenvalue weighted by molar-refractivity contribution is 6.05. The van der Waals surface area contributed by atoms with Gasteiger partial charge in [0.1, 0.15) is 22.9 Å². The summed E-state index contributed by atoms with van der Waals surface area (Å²) in [6.45, 7) is 4.35. The number of halogens is 1. The molecule has 0 saturated heterocycles. The average molecular weight is 445 g/mol. The fourth-order valence-electron chi connectivity index (χ4n) is 3.66. The number of hydrogen-bond donors (Lipinski definition) is 1. The lowest BCUT2D eigenvalue weighted by atomic mass is 9.99. The maximum Gasteiger partial charge on any atom is 0.248 e. The molecule has 5 nitrogen and oxygen atoms in total. The molecule has 3 aromatic carbocycles. The third-order valence-corrected chi connectivity index (χ3v) is 5.28. The largest absolute Gasteiger partial charge is 0.496 e. The van der Waals surface area contributed by atoms with E-state index in [-0.39, 0.29) is 5.69 Å². The number of fused-ring (bicyclic) bond motifs is 1. The molecule has 0 atom stereocenters. The van der Waals surface area contributed by atoms with Gasteiger partial charge in [0.15, 0.2) is 0 Å². The Morgan fingerprint density at radius 3 is 2.58 bits per heavy atom. The number of anilines is 1. The van der Waals surface area contributed by atoms with Gasteiger partial charge in [-0.25, -0.2) is 4.39 Å². The summed E-state index contributed by atoms with van der Waals surface area (Å²) >= 11 is 0. The predicted octanol–water partition coefficient (Wildman–Crippen LogP) is 6.69. The smallest absolute Gasteiger partial charge is 0.248 e. The first-order chi connectivity index (χ1) is 16.0. The fourth-order valence-corrected chi connectivity index (χ4v) is 3.66. The van der Waals surface area contributed by atoms with Gasteiger partial charge in [-0.3, -0.25) is 4.79 Å². The van der Waals surface area contributed by atoms with Crippen molar-refractivity contribution in [3.05, 3.63) is 84.4 Å². The summed E-state index contributed by atoms with van der Waals surface area (Å²) in [4.78, 5) is 12.5. The second-order valence-corrected chi connectivity index (χ2v) is 7.45. The van der Waals surface area contributed by atoms with Crippen LogP contribution in [0.2, 0.25) is 0 Å². The van der Waals surface area contributed by atoms with Crippen molar-refractivity contribution in [3.63, 3.8) is 0 Å². The van der Waals surface area contributed by atoms with E-state index in [1.165, 1.54) is 18.2 Å². The van der Waals surface area contributed by atoms with Crippen LogP contribution in [0.1, 0.15) is 19.4 Å². The Morgan fingerprint density at radius 2 is 1.88 bits per heavy atom. The van der Waals surface area contributed by atoms with Crippen molar-refractivity contribution < 1.29 is 23.1 Å². The van der Waals surface area contributed by atoms with Crippen LogP contribution in [0.4, 0.5) is 10.1 Å². The van der Waals surface area contributed by atoms with Gasteiger partial charge in [0.05, 0.1) is 25.7 Å². The summed E-state index contributed by atoms with van der Waals surface area (Å²) in [5, 5.41) is 3.46. The number of methoxy groups -OCH3 is 1. The van der Waals surface area contributed by atoms with Crippen LogP contribution in [-0.2, 0) is 4.79 Å². The minimum Gasteiger partial charge on any atom is -0.496 e. The molecule has 0 spiro atoms. The molecule has 0 aliphatic heterocycles. The van der Waals surface area contributed by atoms with Crippen LogP contribution in [0.3, 0.4) is 0 Å². The van der Waals surface area contributed by atoms with Crippen LogP contribution in [0.5, 0.6) is 11.5 Å². The van der Waals surface area contributed by atoms with E-state index in [0.29, 0.717) is 23.5 Å². The number of ether oxygens (including phenoxy) is 2. The summed E-state index contributed by atoms with van der Waals surface area (Å²) in [6, 6.07) is 17.6. The second-order valence-electron chi connectivity index (χ2n) is 7.45. The standard InChI is InChI=1S/C27H24FNO4/c1-4-32-19-11-9-18(10-12-19)22-16-33-26-15-25(31-3)20(14-21(22)26)17(2)13-27(30)29-24-8-6-5-7-23(24)28/h5-16H,4H2,1-3H3,(H,29,30)/b17-13+. The Labute approximate surface area is 191 Å². The van der Waals surface area contributed by atoms with Crippen molar-refractivity contribution in [3.8, 4) is 22.6 Å². The summed E-state index contributed by atoms with van der Waals surface area (Å²) < 4.78 is 30.7. The number of carbonyl (C=O) groups is 1. The van der Waals surface area contributed by atoms with Crippen molar-refractivity contribution in [2.24, 2.45) is 0 Å². The van der Waals surface area contributed by atoms with Crippen molar-refractivity contribution in [1.82, 2.24) is 0 Å². The van der Waals surface area contributed by atoms with E-state index in [9.17, 15) is 9.18 Å². The van der Waals surface area contributed by atoms with E-state index in [1.807, 2.05) is 37.3 Å². The Morgan fingerprint density at radius 1 is 1.12 bits per heavy atom. The first kappa shape index (κ1) is 22.1. The minimum absolute atomic E-state index is 0.126. The average Bonchev–Trinajstić information content (AvgIpc) is 3.23. The SMILES string of the molecule is CCOc1ccc(-c2coc3cc(OC)c(/C(C)=C/C(=O)Nc4ccccc4F)cc23)cc1. The molecule has 168 valence electrons. The highest BCUT2D eigenvalue weighted by atomic mass is 19.1. The van der Waals surface area contributed by atoms with Gasteiger partial charge in [-0.05, 0) is 55.3 Å². The zero-order chi connectivity index (χ0) is 23.4. The van der Waals surface area contributed by atoms with Gasteiger partial charge < -0.3 is 19.2 Å². The molecule has 0 bridgehead atoms. The summed E-state index contributed by atoms with van der Waals surface area (Å²) in [7, 11) is 1.56. The number of benzene rings is 3. The molecule has 33 heavy (non-hydrogen) atoms. The van der Waals surface area contributed by atoms with Crippen LogP contribution >= 0.6 is 0 Å². The predicted molar refractivity (Wildman–Crippen MR) is 128 cm³/mol. The van der Waals surface area contributed by atoms with Crippen molar-refractivity contribution in [2.45, 2.75) is 13.8 Å². The topological polar surface area (TPSA) is 60.7 Å². The molecule has 1 amide bonds. The Hall–Kier alpha value is -4.06. The zero-order valence-corrected chi connectivity index (χ0v) is 18.6. The summed E-state index contributed by atoms with van der Waals surface area (Å²) in [5.74, 6) is 0.451. The molecule has 0 aliphatic rings. The number of para-hydroxylation sites is 1. The molecule has 0 aliphatic carbocycles.